The van der Waals surface area contributed by atoms with Gasteiger partial charge in [0.15, 0.2) is 5.69 Å². The van der Waals surface area contributed by atoms with Gasteiger partial charge in [0.05, 0.1) is 19.8 Å². The Hall–Kier alpha value is -3.07. The summed E-state index contributed by atoms with van der Waals surface area (Å²) in [6, 6.07) is 12.9. The predicted molar refractivity (Wildman–Crippen MR) is 131 cm³/mol. The Morgan fingerprint density at radius 3 is 2.60 bits per heavy atom. The quantitative estimate of drug-likeness (QED) is 0.477. The molecule has 1 aromatic heterocycles. The van der Waals surface area contributed by atoms with Crippen molar-refractivity contribution in [1.29, 1.82) is 0 Å². The third-order valence-corrected chi connectivity index (χ3v) is 6.17. The van der Waals surface area contributed by atoms with Gasteiger partial charge >= 0.3 is 0 Å². The number of ether oxygens (including phenoxy) is 1. The Bertz CT molecular complexity index is 1110. The molecule has 1 amide bonds. The van der Waals surface area contributed by atoms with Crippen LogP contribution in [0.15, 0.2) is 53.1 Å². The summed E-state index contributed by atoms with van der Waals surface area (Å²) in [6.07, 6.45) is 1.41. The number of hydrogen-bond donors (Lipinski definition) is 1. The van der Waals surface area contributed by atoms with Crippen molar-refractivity contribution in [3.63, 3.8) is 0 Å². The monoisotopic (exact) mass is 480 g/mol. The molecule has 0 radical (unpaired) electrons. The van der Waals surface area contributed by atoms with Crippen LogP contribution >= 0.6 is 0 Å². The van der Waals surface area contributed by atoms with Crippen molar-refractivity contribution in [2.75, 3.05) is 39.4 Å². The van der Waals surface area contributed by atoms with E-state index in [1.54, 1.807) is 12.1 Å². The molecular formula is C27H33FN4O3. The van der Waals surface area contributed by atoms with Crippen LogP contribution in [-0.4, -0.2) is 60.1 Å². The summed E-state index contributed by atoms with van der Waals surface area (Å²) >= 11 is 0. The zero-order valence-electron chi connectivity index (χ0n) is 20.4. The van der Waals surface area contributed by atoms with E-state index in [2.05, 4.69) is 52.1 Å². The molecule has 1 N–H and O–H groups in total. The highest BCUT2D eigenvalue weighted by Gasteiger charge is 2.17. The molecule has 3 aromatic rings. The highest BCUT2D eigenvalue weighted by Crippen LogP contribution is 2.18. The van der Waals surface area contributed by atoms with E-state index >= 15 is 0 Å². The third-order valence-electron chi connectivity index (χ3n) is 6.17. The van der Waals surface area contributed by atoms with Crippen molar-refractivity contribution in [1.82, 2.24) is 20.1 Å². The van der Waals surface area contributed by atoms with Crippen LogP contribution in [0.25, 0.3) is 0 Å². The number of carbonyl (C=O) groups excluding carboxylic acids is 1. The van der Waals surface area contributed by atoms with E-state index in [-0.39, 0.29) is 17.4 Å². The van der Waals surface area contributed by atoms with E-state index in [0.29, 0.717) is 32.1 Å². The van der Waals surface area contributed by atoms with Crippen LogP contribution in [0.2, 0.25) is 0 Å². The molecule has 1 fully saturated rings. The number of amides is 1. The molecule has 0 spiro atoms. The second-order valence-corrected chi connectivity index (χ2v) is 9.04. The lowest BCUT2D eigenvalue weighted by Crippen LogP contribution is -2.41. The molecule has 2 heterocycles. The van der Waals surface area contributed by atoms with Crippen molar-refractivity contribution in [2.24, 2.45) is 0 Å². The maximum atomic E-state index is 13.4. The molecule has 7 nitrogen and oxygen atoms in total. The van der Waals surface area contributed by atoms with Gasteiger partial charge in [-0.3, -0.25) is 14.6 Å². The Morgan fingerprint density at radius 1 is 1.09 bits per heavy atom. The summed E-state index contributed by atoms with van der Waals surface area (Å²) in [5, 5.41) is 2.92. The van der Waals surface area contributed by atoms with Crippen molar-refractivity contribution in [2.45, 2.75) is 33.5 Å². The van der Waals surface area contributed by atoms with Gasteiger partial charge in [0.1, 0.15) is 12.1 Å². The smallest absolute Gasteiger partial charge is 0.273 e. The highest BCUT2D eigenvalue weighted by molar-refractivity contribution is 5.91. The van der Waals surface area contributed by atoms with Crippen LogP contribution in [0.4, 0.5) is 4.39 Å². The van der Waals surface area contributed by atoms with Crippen LogP contribution in [0.3, 0.4) is 0 Å². The molecule has 0 aliphatic carbocycles. The molecule has 8 heteroatoms. The van der Waals surface area contributed by atoms with Gasteiger partial charge < -0.3 is 14.5 Å². The Morgan fingerprint density at radius 2 is 1.86 bits per heavy atom. The number of rotatable bonds is 10. The van der Waals surface area contributed by atoms with Gasteiger partial charge in [0, 0.05) is 39.3 Å². The maximum absolute atomic E-state index is 13.4. The lowest BCUT2D eigenvalue weighted by atomic mass is 10.0. The molecule has 35 heavy (non-hydrogen) atoms. The molecule has 186 valence electrons. The minimum atomic E-state index is -0.258. The fraction of sp³-hybridized carbons (Fsp3) is 0.407. The maximum Gasteiger partial charge on any atom is 0.273 e. The largest absolute Gasteiger partial charge is 0.447 e. The number of aryl methyl sites for hydroxylation is 2. The minimum absolute atomic E-state index is 0.243. The summed E-state index contributed by atoms with van der Waals surface area (Å²) in [6.45, 7) is 10.4. The van der Waals surface area contributed by atoms with Crippen LogP contribution < -0.4 is 5.32 Å². The topological polar surface area (TPSA) is 70.8 Å². The molecule has 1 saturated heterocycles. The number of benzene rings is 2. The zero-order valence-corrected chi connectivity index (χ0v) is 20.4. The number of aromatic nitrogens is 1. The van der Waals surface area contributed by atoms with Crippen LogP contribution in [0.1, 0.15) is 38.6 Å². The Balaban J connectivity index is 1.39. The van der Waals surface area contributed by atoms with Gasteiger partial charge in [0.2, 0.25) is 5.89 Å². The number of oxazole rings is 1. The van der Waals surface area contributed by atoms with Crippen molar-refractivity contribution < 1.29 is 18.3 Å². The SMILES string of the molecule is Cc1ccc(CN(Cc2ccc(F)cc2)Cc2nc(C(=O)NCCN3CCOCC3)co2)c(C)c1. The summed E-state index contributed by atoms with van der Waals surface area (Å²) in [5.41, 5.74) is 4.89. The van der Waals surface area contributed by atoms with Crippen LogP contribution in [-0.2, 0) is 24.4 Å². The first-order chi connectivity index (χ1) is 17.0. The van der Waals surface area contributed by atoms with Crippen molar-refractivity contribution in [3.05, 3.63) is 88.4 Å². The molecule has 0 atom stereocenters. The predicted octanol–water partition coefficient (Wildman–Crippen LogP) is 3.69. The average Bonchev–Trinajstić information content (AvgIpc) is 3.31. The average molecular weight is 481 g/mol. The number of nitrogens with zero attached hydrogens (tertiary/aromatic N) is 3. The number of hydrogen-bond acceptors (Lipinski definition) is 6. The van der Waals surface area contributed by atoms with Gasteiger partial charge in [-0.1, -0.05) is 35.9 Å². The Labute approximate surface area is 205 Å². The van der Waals surface area contributed by atoms with E-state index in [9.17, 15) is 9.18 Å². The summed E-state index contributed by atoms with van der Waals surface area (Å²) in [4.78, 5) is 21.4. The standard InChI is InChI=1S/C27H33FN4O3/c1-20-3-6-23(21(2)15-20)17-32(16-22-4-7-24(28)8-5-22)18-26-30-25(19-35-26)27(33)29-9-10-31-11-13-34-14-12-31/h3-8,15,19H,9-14,16-18H2,1-2H3,(H,29,33). The van der Waals surface area contributed by atoms with E-state index in [1.165, 1.54) is 35.1 Å². The molecule has 2 aromatic carbocycles. The second kappa shape index (κ2) is 12.1. The number of morpholine rings is 1. The molecular weight excluding hydrogens is 447 g/mol. The van der Waals surface area contributed by atoms with E-state index < -0.39 is 0 Å². The number of nitrogens with one attached hydrogen (secondary N) is 1. The number of carbonyl (C=O) groups is 1. The first-order valence-corrected chi connectivity index (χ1v) is 12.0. The van der Waals surface area contributed by atoms with E-state index in [4.69, 9.17) is 9.15 Å². The first kappa shape index (κ1) is 25.0. The minimum Gasteiger partial charge on any atom is -0.447 e. The van der Waals surface area contributed by atoms with Gasteiger partial charge in [-0.2, -0.15) is 0 Å². The molecule has 0 saturated carbocycles. The van der Waals surface area contributed by atoms with Crippen LogP contribution in [0, 0.1) is 19.7 Å². The van der Waals surface area contributed by atoms with E-state index in [0.717, 1.165) is 38.4 Å². The van der Waals surface area contributed by atoms with Gasteiger partial charge in [-0.05, 0) is 42.7 Å². The molecule has 4 rings (SSSR count). The Kier molecular flexibility index (Phi) is 8.63. The first-order valence-electron chi connectivity index (χ1n) is 12.0. The van der Waals surface area contributed by atoms with Crippen molar-refractivity contribution in [3.8, 4) is 0 Å². The lowest BCUT2D eigenvalue weighted by molar-refractivity contribution is 0.0383. The van der Waals surface area contributed by atoms with Crippen LogP contribution in [0.5, 0.6) is 0 Å². The number of halogens is 1. The molecule has 1 aliphatic heterocycles. The lowest BCUT2D eigenvalue weighted by Gasteiger charge is -2.26. The van der Waals surface area contributed by atoms with Gasteiger partial charge in [0.25, 0.3) is 5.91 Å². The summed E-state index contributed by atoms with van der Waals surface area (Å²) in [5.74, 6) is -0.0328. The molecule has 0 unspecified atom stereocenters. The highest BCUT2D eigenvalue weighted by atomic mass is 19.1. The molecule has 1 aliphatic rings. The van der Waals surface area contributed by atoms with Gasteiger partial charge in [-0.15, -0.1) is 0 Å². The summed E-state index contributed by atoms with van der Waals surface area (Å²) < 4.78 is 24.4. The summed E-state index contributed by atoms with van der Waals surface area (Å²) in [7, 11) is 0. The fourth-order valence-electron chi connectivity index (χ4n) is 4.20. The third kappa shape index (κ3) is 7.45. The normalized spacial score (nSPS) is 14.4. The van der Waals surface area contributed by atoms with E-state index in [1.807, 2.05) is 0 Å². The second-order valence-electron chi connectivity index (χ2n) is 9.04. The zero-order chi connectivity index (χ0) is 24.6. The van der Waals surface area contributed by atoms with Gasteiger partial charge in [-0.25, -0.2) is 9.37 Å². The fourth-order valence-corrected chi connectivity index (χ4v) is 4.20. The van der Waals surface area contributed by atoms with Crippen molar-refractivity contribution >= 4 is 5.91 Å². The molecule has 0 bridgehead atoms.